The second-order valence-electron chi connectivity index (χ2n) is 11.5. The highest BCUT2D eigenvalue weighted by atomic mass is 32.1. The van der Waals surface area contributed by atoms with Crippen molar-refractivity contribution in [2.45, 2.75) is 0 Å². The van der Waals surface area contributed by atoms with Crippen LogP contribution < -0.4 is 0 Å². The molecule has 4 aromatic heterocycles. The van der Waals surface area contributed by atoms with Crippen molar-refractivity contribution in [2.75, 3.05) is 0 Å². The van der Waals surface area contributed by atoms with Crippen LogP contribution in [-0.2, 0) is 0 Å². The molecule has 0 aliphatic carbocycles. The number of furan rings is 1. The van der Waals surface area contributed by atoms with Crippen molar-refractivity contribution < 1.29 is 8.94 Å². The molecular weight excluding hydrogens is 601 g/mol. The minimum atomic E-state index is 0.591. The number of hydrogen-bond acceptors (Lipinski definition) is 7. The minimum Gasteiger partial charge on any atom is -0.456 e. The minimum absolute atomic E-state index is 0.591. The molecule has 10 rings (SSSR count). The first-order valence-electron chi connectivity index (χ1n) is 15.3. The highest BCUT2D eigenvalue weighted by molar-refractivity contribution is 7.13. The molecule has 0 saturated carbocycles. The molecule has 0 spiro atoms. The van der Waals surface area contributed by atoms with Crippen LogP contribution >= 0.6 is 11.5 Å². The van der Waals surface area contributed by atoms with E-state index in [1.54, 1.807) is 0 Å². The highest BCUT2D eigenvalue weighted by Gasteiger charge is 2.28. The molecular formula is C40H22N4O2S. The van der Waals surface area contributed by atoms with Gasteiger partial charge in [0.1, 0.15) is 17.0 Å². The largest absolute Gasteiger partial charge is 0.456 e. The first kappa shape index (κ1) is 26.1. The van der Waals surface area contributed by atoms with Gasteiger partial charge in [-0.1, -0.05) is 90.1 Å². The van der Waals surface area contributed by atoms with Crippen LogP contribution in [0.3, 0.4) is 0 Å². The molecule has 6 nitrogen and oxygen atoms in total. The standard InChI is InChI=1S/C40H22N4O2S/c1-3-11-26-23(9-1)17-18-25-22-41-40(42-37(25)26)30-20-19-27(33-21-24-10-2-6-14-31(24)45-33)35(39-29-13-5-8-16-34(29)47-44-39)36(30)38-28-12-4-7-15-32(28)46-43-38/h1-22H. The number of para-hydroxylation sites is 2. The maximum Gasteiger partial charge on any atom is 0.167 e. The summed E-state index contributed by atoms with van der Waals surface area (Å²) in [6.07, 6.45) is 1.90. The van der Waals surface area contributed by atoms with Gasteiger partial charge in [0.05, 0.1) is 15.9 Å². The van der Waals surface area contributed by atoms with Crippen molar-refractivity contribution in [2.24, 2.45) is 0 Å². The Hall–Kier alpha value is -6.18. The average Bonchev–Trinajstić information content (AvgIpc) is 3.88. The van der Waals surface area contributed by atoms with Crippen molar-refractivity contribution in [1.29, 1.82) is 0 Å². The molecule has 0 aliphatic heterocycles. The van der Waals surface area contributed by atoms with Gasteiger partial charge in [0.2, 0.25) is 0 Å². The third kappa shape index (κ3) is 4.03. The molecule has 7 heteroatoms. The van der Waals surface area contributed by atoms with Gasteiger partial charge in [-0.15, -0.1) is 0 Å². The number of hydrogen-bond donors (Lipinski definition) is 0. The van der Waals surface area contributed by atoms with Crippen molar-refractivity contribution in [3.05, 3.63) is 134 Å². The van der Waals surface area contributed by atoms with Gasteiger partial charge >= 0.3 is 0 Å². The third-order valence-corrected chi connectivity index (χ3v) is 9.67. The fraction of sp³-hybridized carbons (Fsp3) is 0. The molecule has 10 aromatic rings. The smallest absolute Gasteiger partial charge is 0.167 e. The third-order valence-electron chi connectivity index (χ3n) is 8.84. The predicted molar refractivity (Wildman–Crippen MR) is 189 cm³/mol. The lowest BCUT2D eigenvalue weighted by Gasteiger charge is -2.16. The van der Waals surface area contributed by atoms with Crippen molar-refractivity contribution in [3.63, 3.8) is 0 Å². The zero-order valence-corrected chi connectivity index (χ0v) is 25.5. The predicted octanol–water partition coefficient (Wildman–Crippen LogP) is 10.9. The van der Waals surface area contributed by atoms with Crippen LogP contribution in [0.2, 0.25) is 0 Å². The lowest BCUT2D eigenvalue weighted by atomic mass is 9.88. The van der Waals surface area contributed by atoms with Crippen molar-refractivity contribution >= 4 is 65.2 Å². The number of nitrogens with zero attached hydrogens (tertiary/aromatic N) is 4. The van der Waals surface area contributed by atoms with Crippen LogP contribution in [0.25, 0.3) is 98.9 Å². The fourth-order valence-electron chi connectivity index (χ4n) is 6.63. The van der Waals surface area contributed by atoms with Crippen LogP contribution in [-0.4, -0.2) is 19.5 Å². The van der Waals surface area contributed by atoms with E-state index in [9.17, 15) is 0 Å². The van der Waals surface area contributed by atoms with E-state index in [0.717, 1.165) is 81.8 Å². The van der Waals surface area contributed by atoms with Gasteiger partial charge in [0, 0.05) is 55.4 Å². The Balaban J connectivity index is 1.36. The van der Waals surface area contributed by atoms with Crippen LogP contribution in [0, 0.1) is 0 Å². The van der Waals surface area contributed by atoms with Gasteiger partial charge in [-0.25, -0.2) is 9.97 Å². The number of aromatic nitrogens is 4. The summed E-state index contributed by atoms with van der Waals surface area (Å²) in [5.74, 6) is 1.33. The van der Waals surface area contributed by atoms with Crippen LogP contribution in [0.15, 0.2) is 143 Å². The molecule has 0 fully saturated rings. The van der Waals surface area contributed by atoms with Gasteiger partial charge in [0.25, 0.3) is 0 Å². The maximum atomic E-state index is 6.52. The summed E-state index contributed by atoms with van der Waals surface area (Å²) in [5, 5.41) is 10.9. The Kier molecular flexibility index (Phi) is 5.64. The molecule has 0 amide bonds. The van der Waals surface area contributed by atoms with E-state index in [4.69, 9.17) is 28.4 Å². The molecule has 0 bridgehead atoms. The molecule has 47 heavy (non-hydrogen) atoms. The lowest BCUT2D eigenvalue weighted by Crippen LogP contribution is -1.98. The summed E-state index contributed by atoms with van der Waals surface area (Å²) in [6, 6.07) is 43.1. The van der Waals surface area contributed by atoms with Crippen molar-refractivity contribution in [3.8, 4) is 45.2 Å². The summed E-state index contributed by atoms with van der Waals surface area (Å²) in [7, 11) is 0. The van der Waals surface area contributed by atoms with Crippen LogP contribution in [0.5, 0.6) is 0 Å². The highest BCUT2D eigenvalue weighted by Crippen LogP contribution is 2.49. The van der Waals surface area contributed by atoms with E-state index in [0.29, 0.717) is 17.1 Å². The Morgan fingerprint density at radius 1 is 0.553 bits per heavy atom. The van der Waals surface area contributed by atoms with E-state index in [-0.39, 0.29) is 0 Å². The Labute approximate surface area is 271 Å². The number of rotatable bonds is 4. The van der Waals surface area contributed by atoms with E-state index in [1.807, 2.05) is 72.9 Å². The van der Waals surface area contributed by atoms with E-state index < -0.39 is 0 Å². The SMILES string of the molecule is c1ccc2oc(-c3ccc(-c4ncc5ccc6ccccc6c5n4)c(-c4noc5ccccc45)c3-c3nsc4ccccc34)cc2c1. The molecule has 0 aliphatic rings. The summed E-state index contributed by atoms with van der Waals surface area (Å²) in [6.45, 7) is 0. The summed E-state index contributed by atoms with van der Waals surface area (Å²) in [5.41, 5.74) is 7.40. The van der Waals surface area contributed by atoms with Crippen LogP contribution in [0.1, 0.15) is 0 Å². The molecule has 0 radical (unpaired) electrons. The van der Waals surface area contributed by atoms with Gasteiger partial charge < -0.3 is 8.94 Å². The summed E-state index contributed by atoms with van der Waals surface area (Å²) < 4.78 is 18.6. The molecule has 0 saturated heterocycles. The second-order valence-corrected chi connectivity index (χ2v) is 12.3. The Morgan fingerprint density at radius 3 is 2.15 bits per heavy atom. The Bertz CT molecular complexity index is 2800. The zero-order valence-electron chi connectivity index (χ0n) is 24.7. The molecule has 6 aromatic carbocycles. The monoisotopic (exact) mass is 622 g/mol. The quantitative estimate of drug-likeness (QED) is 0.182. The molecule has 0 atom stereocenters. The first-order valence-corrected chi connectivity index (χ1v) is 16.1. The van der Waals surface area contributed by atoms with E-state index >= 15 is 0 Å². The van der Waals surface area contributed by atoms with E-state index in [1.165, 1.54) is 11.5 Å². The molecule has 220 valence electrons. The second kappa shape index (κ2) is 10.2. The maximum absolute atomic E-state index is 6.52. The fourth-order valence-corrected chi connectivity index (χ4v) is 7.41. The molecule has 0 unspecified atom stereocenters. The lowest BCUT2D eigenvalue weighted by molar-refractivity contribution is 0.459. The van der Waals surface area contributed by atoms with Crippen molar-refractivity contribution in [1.82, 2.24) is 19.5 Å². The molecule has 4 heterocycles. The van der Waals surface area contributed by atoms with Gasteiger partial charge in [-0.2, -0.15) is 4.37 Å². The molecule has 0 N–H and O–H groups in total. The van der Waals surface area contributed by atoms with Gasteiger partial charge in [-0.3, -0.25) is 0 Å². The summed E-state index contributed by atoms with van der Waals surface area (Å²) in [4.78, 5) is 10.2. The first-order chi connectivity index (χ1) is 23.3. The van der Waals surface area contributed by atoms with Crippen LogP contribution in [0.4, 0.5) is 0 Å². The van der Waals surface area contributed by atoms with E-state index in [2.05, 4.69) is 60.7 Å². The summed E-state index contributed by atoms with van der Waals surface area (Å²) >= 11 is 1.48. The Morgan fingerprint density at radius 2 is 1.26 bits per heavy atom. The average molecular weight is 623 g/mol. The topological polar surface area (TPSA) is 77.8 Å². The van der Waals surface area contributed by atoms with Gasteiger partial charge in [0.15, 0.2) is 11.4 Å². The number of fused-ring (bicyclic) bond motifs is 6. The zero-order chi connectivity index (χ0) is 30.9. The van der Waals surface area contributed by atoms with Gasteiger partial charge in [-0.05, 0) is 59.4 Å². The number of benzene rings is 6. The normalized spacial score (nSPS) is 11.8.